The fraction of sp³-hybridized carbons (Fsp3) is 0.500. The Kier molecular flexibility index (Phi) is 4.02. The average Bonchev–Trinajstić information content (AvgIpc) is 2.90. The van der Waals surface area contributed by atoms with Crippen LogP contribution >= 0.6 is 0 Å². The lowest BCUT2D eigenvalue weighted by molar-refractivity contribution is 0.137. The standard InChI is InChI=1S/C16H21N5O/c1-12-5-7-17-14(20-12)16(2)6-4-8-21(16)11-13-9-18-15(22-3)19-10-13/h5,7,9-10H,4,6,8,11H2,1-3H3. The third-order valence-electron chi connectivity index (χ3n) is 4.30. The predicted molar refractivity (Wildman–Crippen MR) is 82.3 cm³/mol. The second-order valence-corrected chi connectivity index (χ2v) is 5.90. The number of hydrogen-bond acceptors (Lipinski definition) is 6. The number of nitrogens with zero attached hydrogens (tertiary/aromatic N) is 5. The van der Waals surface area contributed by atoms with E-state index in [-0.39, 0.29) is 5.54 Å². The lowest BCUT2D eigenvalue weighted by Crippen LogP contribution is -2.39. The maximum Gasteiger partial charge on any atom is 0.316 e. The van der Waals surface area contributed by atoms with E-state index < -0.39 is 0 Å². The lowest BCUT2D eigenvalue weighted by Gasteiger charge is -2.33. The molecule has 0 saturated carbocycles. The highest BCUT2D eigenvalue weighted by Crippen LogP contribution is 2.37. The fourth-order valence-electron chi connectivity index (χ4n) is 2.98. The van der Waals surface area contributed by atoms with E-state index in [9.17, 15) is 0 Å². The molecule has 1 saturated heterocycles. The molecule has 2 aromatic heterocycles. The van der Waals surface area contributed by atoms with Crippen LogP contribution in [-0.4, -0.2) is 38.5 Å². The molecule has 1 unspecified atom stereocenters. The van der Waals surface area contributed by atoms with Gasteiger partial charge in [-0.2, -0.15) is 0 Å². The van der Waals surface area contributed by atoms with Crippen LogP contribution < -0.4 is 4.74 Å². The fourth-order valence-corrected chi connectivity index (χ4v) is 2.98. The van der Waals surface area contributed by atoms with Gasteiger partial charge in [0.05, 0.1) is 12.6 Å². The zero-order valence-electron chi connectivity index (χ0n) is 13.3. The van der Waals surface area contributed by atoms with E-state index >= 15 is 0 Å². The highest BCUT2D eigenvalue weighted by Gasteiger charge is 2.40. The summed E-state index contributed by atoms with van der Waals surface area (Å²) in [6.07, 6.45) is 7.69. The minimum atomic E-state index is -0.133. The zero-order chi connectivity index (χ0) is 15.6. The lowest BCUT2D eigenvalue weighted by atomic mass is 9.97. The first-order valence-corrected chi connectivity index (χ1v) is 7.52. The molecule has 0 spiro atoms. The van der Waals surface area contributed by atoms with Crippen molar-refractivity contribution in [2.45, 2.75) is 38.8 Å². The number of ether oxygens (including phenoxy) is 1. The molecule has 0 amide bonds. The predicted octanol–water partition coefficient (Wildman–Crippen LogP) is 2.09. The van der Waals surface area contributed by atoms with Crippen LogP contribution in [-0.2, 0) is 12.1 Å². The smallest absolute Gasteiger partial charge is 0.316 e. The van der Waals surface area contributed by atoms with Gasteiger partial charge in [-0.05, 0) is 39.3 Å². The maximum atomic E-state index is 5.01. The first kappa shape index (κ1) is 14.8. The van der Waals surface area contributed by atoms with Crippen LogP contribution in [0.3, 0.4) is 0 Å². The first-order chi connectivity index (χ1) is 10.6. The third-order valence-corrected chi connectivity index (χ3v) is 4.30. The Morgan fingerprint density at radius 3 is 2.73 bits per heavy atom. The molecule has 6 nitrogen and oxygen atoms in total. The minimum absolute atomic E-state index is 0.133. The summed E-state index contributed by atoms with van der Waals surface area (Å²) in [6.45, 7) is 6.04. The normalized spacial score (nSPS) is 22.0. The van der Waals surface area contributed by atoms with E-state index in [1.165, 1.54) is 0 Å². The van der Waals surface area contributed by atoms with Crippen molar-refractivity contribution >= 4 is 0 Å². The van der Waals surface area contributed by atoms with E-state index in [1.54, 1.807) is 7.11 Å². The minimum Gasteiger partial charge on any atom is -0.467 e. The molecule has 0 aromatic carbocycles. The van der Waals surface area contributed by atoms with Crippen LogP contribution in [0.25, 0.3) is 0 Å². The topological polar surface area (TPSA) is 64.0 Å². The summed E-state index contributed by atoms with van der Waals surface area (Å²) >= 11 is 0. The van der Waals surface area contributed by atoms with Gasteiger partial charge < -0.3 is 4.74 Å². The van der Waals surface area contributed by atoms with Crippen molar-refractivity contribution in [1.29, 1.82) is 0 Å². The monoisotopic (exact) mass is 299 g/mol. The second kappa shape index (κ2) is 5.96. The molecule has 2 aromatic rings. The van der Waals surface area contributed by atoms with Crippen molar-refractivity contribution in [3.63, 3.8) is 0 Å². The molecule has 22 heavy (non-hydrogen) atoms. The van der Waals surface area contributed by atoms with Crippen molar-refractivity contribution in [1.82, 2.24) is 24.8 Å². The van der Waals surface area contributed by atoms with Crippen molar-refractivity contribution in [3.05, 3.63) is 41.7 Å². The summed E-state index contributed by atoms with van der Waals surface area (Å²) in [6, 6.07) is 2.33. The SMILES string of the molecule is COc1ncc(CN2CCCC2(C)c2nccc(C)n2)cn1. The Hall–Kier alpha value is -2.08. The average molecular weight is 299 g/mol. The molecule has 3 rings (SSSR count). The number of aryl methyl sites for hydroxylation is 1. The molecule has 0 N–H and O–H groups in total. The number of aromatic nitrogens is 4. The van der Waals surface area contributed by atoms with Gasteiger partial charge in [-0.25, -0.2) is 19.9 Å². The molecule has 0 bridgehead atoms. The van der Waals surface area contributed by atoms with Gasteiger partial charge in [0.2, 0.25) is 0 Å². The highest BCUT2D eigenvalue weighted by molar-refractivity contribution is 5.14. The van der Waals surface area contributed by atoms with Crippen molar-refractivity contribution < 1.29 is 4.74 Å². The summed E-state index contributed by atoms with van der Waals surface area (Å²) in [7, 11) is 1.57. The van der Waals surface area contributed by atoms with Crippen LogP contribution in [0, 0.1) is 6.92 Å². The van der Waals surface area contributed by atoms with Gasteiger partial charge in [0, 0.05) is 36.4 Å². The highest BCUT2D eigenvalue weighted by atomic mass is 16.5. The van der Waals surface area contributed by atoms with Crippen molar-refractivity contribution in [3.8, 4) is 6.01 Å². The largest absolute Gasteiger partial charge is 0.467 e. The van der Waals surface area contributed by atoms with E-state index in [0.29, 0.717) is 6.01 Å². The molecule has 0 aliphatic carbocycles. The van der Waals surface area contributed by atoms with Crippen LogP contribution in [0.1, 0.15) is 36.8 Å². The van der Waals surface area contributed by atoms with E-state index in [2.05, 4.69) is 31.8 Å². The zero-order valence-corrected chi connectivity index (χ0v) is 13.3. The molecule has 1 atom stereocenters. The van der Waals surface area contributed by atoms with Crippen LogP contribution in [0.5, 0.6) is 6.01 Å². The van der Waals surface area contributed by atoms with Gasteiger partial charge in [-0.3, -0.25) is 4.90 Å². The maximum absolute atomic E-state index is 5.01. The Labute approximate surface area is 130 Å². The van der Waals surface area contributed by atoms with Gasteiger partial charge in [-0.15, -0.1) is 0 Å². The number of methoxy groups -OCH3 is 1. The van der Waals surface area contributed by atoms with Gasteiger partial charge in [0.1, 0.15) is 5.82 Å². The van der Waals surface area contributed by atoms with Gasteiger partial charge in [0.15, 0.2) is 0 Å². The van der Waals surface area contributed by atoms with E-state index in [0.717, 1.165) is 43.0 Å². The Morgan fingerprint density at radius 1 is 1.27 bits per heavy atom. The van der Waals surface area contributed by atoms with Crippen molar-refractivity contribution in [2.75, 3.05) is 13.7 Å². The quantitative estimate of drug-likeness (QED) is 0.861. The summed E-state index contributed by atoms with van der Waals surface area (Å²) < 4.78 is 5.01. The first-order valence-electron chi connectivity index (χ1n) is 7.52. The van der Waals surface area contributed by atoms with Crippen molar-refractivity contribution in [2.24, 2.45) is 0 Å². The molecule has 6 heteroatoms. The molecular formula is C16H21N5O. The number of hydrogen-bond donors (Lipinski definition) is 0. The molecule has 0 radical (unpaired) electrons. The third kappa shape index (κ3) is 2.78. The van der Waals surface area contributed by atoms with E-state index in [4.69, 9.17) is 4.74 Å². The second-order valence-electron chi connectivity index (χ2n) is 5.90. The summed E-state index contributed by atoms with van der Waals surface area (Å²) in [5.41, 5.74) is 1.94. The summed E-state index contributed by atoms with van der Waals surface area (Å²) in [4.78, 5) is 19.9. The van der Waals surface area contributed by atoms with E-state index in [1.807, 2.05) is 31.6 Å². The molecule has 116 valence electrons. The van der Waals surface area contributed by atoms with Gasteiger partial charge >= 0.3 is 6.01 Å². The summed E-state index contributed by atoms with van der Waals surface area (Å²) in [5.74, 6) is 0.902. The Bertz CT molecular complexity index is 645. The Morgan fingerprint density at radius 2 is 2.05 bits per heavy atom. The van der Waals surface area contributed by atoms with Gasteiger partial charge in [-0.1, -0.05) is 0 Å². The molecule has 1 aliphatic heterocycles. The molecular weight excluding hydrogens is 278 g/mol. The molecule has 3 heterocycles. The van der Waals surface area contributed by atoms with Crippen LogP contribution in [0.2, 0.25) is 0 Å². The van der Waals surface area contributed by atoms with Crippen LogP contribution in [0.4, 0.5) is 0 Å². The summed E-state index contributed by atoms with van der Waals surface area (Å²) in [5, 5.41) is 0. The molecule has 1 aliphatic rings. The van der Waals surface area contributed by atoms with Crippen LogP contribution in [0.15, 0.2) is 24.7 Å². The van der Waals surface area contributed by atoms with Gasteiger partial charge in [0.25, 0.3) is 0 Å². The molecule has 1 fully saturated rings. The number of rotatable bonds is 4. The number of likely N-dealkylation sites (tertiary alicyclic amines) is 1. The Balaban J connectivity index is 1.82.